The number of hydrogen-bond donors (Lipinski definition) is 1. The van der Waals surface area contributed by atoms with Crippen LogP contribution < -0.4 is 19.5 Å². The number of nitrogens with zero attached hydrogens (tertiary/aromatic N) is 1. The van der Waals surface area contributed by atoms with Crippen LogP contribution >= 0.6 is 11.3 Å². The number of aromatic nitrogens is 1. The van der Waals surface area contributed by atoms with E-state index in [0.29, 0.717) is 54.2 Å². The van der Waals surface area contributed by atoms with Crippen LogP contribution in [0.25, 0.3) is 16.3 Å². The first-order valence-electron chi connectivity index (χ1n) is 21.4. The molecule has 0 spiro atoms. The molecule has 0 amide bonds. The minimum Gasteiger partial charge on any atom is -0.490 e. The van der Waals surface area contributed by atoms with E-state index in [-0.39, 0.29) is 43.6 Å². The summed E-state index contributed by atoms with van der Waals surface area (Å²) >= 11 is 1.58. The van der Waals surface area contributed by atoms with E-state index in [2.05, 4.69) is 25.4 Å². The molecule has 0 saturated carbocycles. The lowest BCUT2D eigenvalue weighted by atomic mass is 10.1. The molecule has 1 N–H and O–H groups in total. The Morgan fingerprint density at radius 2 is 1.48 bits per heavy atom. The number of hydrogen-bond acceptors (Lipinski definition) is 14. The van der Waals surface area contributed by atoms with Crippen molar-refractivity contribution in [2.75, 3.05) is 38.4 Å². The van der Waals surface area contributed by atoms with Crippen molar-refractivity contribution in [1.82, 2.24) is 4.98 Å². The lowest BCUT2D eigenvalue weighted by Gasteiger charge is -2.21. The fourth-order valence-corrected chi connectivity index (χ4v) is 6.98. The molecule has 14 heteroatoms. The van der Waals surface area contributed by atoms with Gasteiger partial charge in [0.15, 0.2) is 11.2 Å². The van der Waals surface area contributed by atoms with Gasteiger partial charge >= 0.3 is 23.9 Å². The van der Waals surface area contributed by atoms with Crippen LogP contribution in [0.15, 0.2) is 122 Å². The van der Waals surface area contributed by atoms with Gasteiger partial charge in [-0.05, 0) is 118 Å². The zero-order chi connectivity index (χ0) is 46.6. The van der Waals surface area contributed by atoms with Gasteiger partial charge in [-0.1, -0.05) is 61.8 Å². The first-order chi connectivity index (χ1) is 31.3. The largest absolute Gasteiger partial charge is 0.490 e. The molecule has 0 aliphatic rings. The third-order valence-corrected chi connectivity index (χ3v) is 10.3. The van der Waals surface area contributed by atoms with Crippen molar-refractivity contribution in [3.63, 3.8) is 0 Å². The van der Waals surface area contributed by atoms with Gasteiger partial charge < -0.3 is 38.5 Å². The van der Waals surface area contributed by atoms with Crippen LogP contribution in [-0.4, -0.2) is 79.6 Å². The van der Waals surface area contributed by atoms with Crippen molar-refractivity contribution in [3.8, 4) is 17.2 Å². The molecule has 2 unspecified atom stereocenters. The minimum absolute atomic E-state index is 0.0195. The molecular formula is C51H56N2O11S. The summed E-state index contributed by atoms with van der Waals surface area (Å²) in [5.41, 5.74) is 2.78. The van der Waals surface area contributed by atoms with E-state index in [1.54, 1.807) is 65.9 Å². The zero-order valence-electron chi connectivity index (χ0n) is 37.2. The SMILES string of the molecule is C=CC(=O)OCCCCOCC(COc1ccc(C(=O)Oc2ccc(CCOC(=O)c3ccc(OC(C)(C)C)cc3)cc2/C=C/C(CC)Nc2nc3ccccc3s2)cc1)OC(=O)C=C. The average molecular weight is 905 g/mol. The Hall–Kier alpha value is -6.77. The number of para-hydroxylation sites is 1. The molecular weight excluding hydrogens is 849 g/mol. The first-order valence-corrected chi connectivity index (χ1v) is 22.2. The number of esters is 4. The van der Waals surface area contributed by atoms with E-state index >= 15 is 0 Å². The Bertz CT molecular complexity index is 2370. The number of anilines is 1. The molecule has 0 saturated heterocycles. The van der Waals surface area contributed by atoms with E-state index < -0.39 is 30.0 Å². The molecule has 342 valence electrons. The van der Waals surface area contributed by atoms with Gasteiger partial charge in [0, 0.05) is 36.8 Å². The molecule has 0 fully saturated rings. The van der Waals surface area contributed by atoms with Crippen molar-refractivity contribution < 1.29 is 52.3 Å². The Morgan fingerprint density at radius 3 is 2.17 bits per heavy atom. The van der Waals surface area contributed by atoms with Crippen molar-refractivity contribution in [3.05, 3.63) is 145 Å². The summed E-state index contributed by atoms with van der Waals surface area (Å²) in [4.78, 5) is 54.3. The topological polar surface area (TPSA) is 158 Å². The average Bonchev–Trinajstić information content (AvgIpc) is 3.72. The molecule has 5 aromatic rings. The van der Waals surface area contributed by atoms with Crippen LogP contribution in [0.1, 0.15) is 78.8 Å². The van der Waals surface area contributed by atoms with Gasteiger partial charge in [-0.3, -0.25) is 0 Å². The second kappa shape index (κ2) is 24.9. The highest BCUT2D eigenvalue weighted by Crippen LogP contribution is 2.28. The summed E-state index contributed by atoms with van der Waals surface area (Å²) in [6.45, 7) is 15.5. The Kier molecular flexibility index (Phi) is 18.9. The van der Waals surface area contributed by atoms with E-state index in [1.807, 2.05) is 69.3 Å². The number of unbranched alkanes of at least 4 members (excludes halogenated alkanes) is 1. The van der Waals surface area contributed by atoms with Crippen LogP contribution in [0, 0.1) is 0 Å². The highest BCUT2D eigenvalue weighted by Gasteiger charge is 2.18. The number of benzene rings is 4. The molecule has 1 heterocycles. The molecule has 2 atom stereocenters. The van der Waals surface area contributed by atoms with Gasteiger partial charge in [-0.15, -0.1) is 0 Å². The van der Waals surface area contributed by atoms with Crippen LogP contribution in [0.5, 0.6) is 17.2 Å². The van der Waals surface area contributed by atoms with Gasteiger partial charge in [0.05, 0.1) is 41.2 Å². The summed E-state index contributed by atoms with van der Waals surface area (Å²) in [7, 11) is 0. The number of ether oxygens (including phenoxy) is 7. The standard InChI is InChI=1S/C51H56N2O11S/c1-7-39(52-50-53-43-14-10-11-15-45(43)65-50)22-17-38-32-35(28-31-60-48(56)36-20-25-41(26-21-36)64-51(4,5)6)16-27-44(38)63-49(57)37-18-23-40(24-19-37)61-34-42(62-47(55)9-3)33-58-29-12-13-30-59-46(54)8-2/h8-11,14-27,32,39,42H,2-3,7,12-13,28-31,33-34H2,1,4-6H3,(H,52,53)/b22-17+. The highest BCUT2D eigenvalue weighted by atomic mass is 32.1. The fraction of sp³-hybridized carbons (Fsp3) is 0.314. The molecule has 65 heavy (non-hydrogen) atoms. The molecule has 1 aromatic heterocycles. The van der Waals surface area contributed by atoms with Gasteiger partial charge in [0.2, 0.25) is 0 Å². The first kappa shape index (κ1) is 49.2. The Morgan fingerprint density at radius 1 is 0.785 bits per heavy atom. The predicted molar refractivity (Wildman–Crippen MR) is 252 cm³/mol. The van der Waals surface area contributed by atoms with Crippen LogP contribution in [0.2, 0.25) is 0 Å². The number of thiazole rings is 1. The summed E-state index contributed by atoms with van der Waals surface area (Å²) in [6.07, 6.45) is 7.74. The van der Waals surface area contributed by atoms with Crippen molar-refractivity contribution in [2.45, 2.75) is 71.1 Å². The highest BCUT2D eigenvalue weighted by molar-refractivity contribution is 7.22. The lowest BCUT2D eigenvalue weighted by molar-refractivity contribution is -0.148. The van der Waals surface area contributed by atoms with Crippen molar-refractivity contribution in [1.29, 1.82) is 0 Å². The van der Waals surface area contributed by atoms with Gasteiger partial charge in [0.25, 0.3) is 0 Å². The number of fused-ring (bicyclic) bond motifs is 1. The molecule has 5 rings (SSSR count). The molecule has 0 bridgehead atoms. The second-order valence-corrected chi connectivity index (χ2v) is 16.7. The number of nitrogens with one attached hydrogen (secondary N) is 1. The van der Waals surface area contributed by atoms with Crippen LogP contribution in [0.4, 0.5) is 5.13 Å². The number of carbonyl (C=O) groups excluding carboxylic acids is 4. The fourth-order valence-electron chi connectivity index (χ4n) is 6.05. The van der Waals surface area contributed by atoms with Gasteiger partial charge in [-0.2, -0.15) is 0 Å². The van der Waals surface area contributed by atoms with Gasteiger partial charge in [-0.25, -0.2) is 24.2 Å². The normalized spacial score (nSPS) is 12.2. The Balaban J connectivity index is 1.22. The monoisotopic (exact) mass is 904 g/mol. The van der Waals surface area contributed by atoms with Crippen molar-refractivity contribution >= 4 is 56.6 Å². The van der Waals surface area contributed by atoms with Gasteiger partial charge in [0.1, 0.15) is 29.5 Å². The minimum atomic E-state index is -0.736. The maximum atomic E-state index is 13.6. The second-order valence-electron chi connectivity index (χ2n) is 15.6. The Labute approximate surface area is 384 Å². The lowest BCUT2D eigenvalue weighted by Crippen LogP contribution is -2.29. The van der Waals surface area contributed by atoms with E-state index in [1.165, 1.54) is 0 Å². The predicted octanol–water partition coefficient (Wildman–Crippen LogP) is 10.00. The third kappa shape index (κ3) is 16.7. The summed E-state index contributed by atoms with van der Waals surface area (Å²) in [5, 5.41) is 4.31. The smallest absolute Gasteiger partial charge is 0.343 e. The number of rotatable bonds is 25. The summed E-state index contributed by atoms with van der Waals surface area (Å²) in [5.74, 6) is -0.710. The van der Waals surface area contributed by atoms with Crippen molar-refractivity contribution in [2.24, 2.45) is 0 Å². The van der Waals surface area contributed by atoms with Crippen LogP contribution in [0.3, 0.4) is 0 Å². The summed E-state index contributed by atoms with van der Waals surface area (Å²) in [6, 6.07) is 26.6. The van der Waals surface area contributed by atoms with E-state index in [4.69, 9.17) is 38.1 Å². The quantitative estimate of drug-likeness (QED) is 0.0194. The van der Waals surface area contributed by atoms with E-state index in [0.717, 1.165) is 39.5 Å². The third-order valence-electron chi connectivity index (χ3n) is 9.34. The molecule has 13 nitrogen and oxygen atoms in total. The maximum absolute atomic E-state index is 13.6. The number of carbonyl (C=O) groups is 4. The molecule has 4 aromatic carbocycles. The summed E-state index contributed by atoms with van der Waals surface area (Å²) < 4.78 is 40.4. The van der Waals surface area contributed by atoms with E-state index in [9.17, 15) is 19.2 Å². The maximum Gasteiger partial charge on any atom is 0.343 e. The molecule has 0 aliphatic carbocycles. The van der Waals surface area contributed by atoms with Crippen LogP contribution in [-0.2, 0) is 35.0 Å². The zero-order valence-corrected chi connectivity index (χ0v) is 38.1. The molecule has 0 radical (unpaired) electrons. The molecule has 0 aliphatic heterocycles.